The molecular formula is C15H14N4O2S2. The quantitative estimate of drug-likeness (QED) is 0.518. The highest BCUT2D eigenvalue weighted by Gasteiger charge is 2.17. The number of hydrogen-bond acceptors (Lipinski definition) is 7. The van der Waals surface area contributed by atoms with Crippen LogP contribution in [0.5, 0.6) is 5.75 Å². The zero-order valence-corrected chi connectivity index (χ0v) is 14.4. The van der Waals surface area contributed by atoms with E-state index in [4.69, 9.17) is 9.15 Å². The molecule has 1 aromatic carbocycles. The highest BCUT2D eigenvalue weighted by atomic mass is 32.2. The normalized spacial score (nSPS) is 11.8. The fraction of sp³-hybridized carbons (Fsp3) is 0.267. The lowest BCUT2D eigenvalue weighted by Gasteiger charge is -2.08. The number of para-hydroxylation sites is 1. The van der Waals surface area contributed by atoms with Crippen molar-refractivity contribution in [2.24, 2.45) is 0 Å². The number of ether oxygens (including phenoxy) is 1. The van der Waals surface area contributed by atoms with Crippen LogP contribution < -0.4 is 4.74 Å². The van der Waals surface area contributed by atoms with Gasteiger partial charge in [-0.25, -0.2) is 14.5 Å². The minimum Gasteiger partial charge on any atom is -0.489 e. The van der Waals surface area contributed by atoms with E-state index in [9.17, 15) is 0 Å². The molecular weight excluding hydrogens is 332 g/mol. The van der Waals surface area contributed by atoms with Gasteiger partial charge in [0.25, 0.3) is 0 Å². The molecule has 3 aromatic heterocycles. The van der Waals surface area contributed by atoms with Crippen molar-refractivity contribution >= 4 is 39.2 Å². The zero-order chi connectivity index (χ0) is 16.0. The van der Waals surface area contributed by atoms with E-state index in [0.29, 0.717) is 22.7 Å². The second-order valence-electron chi connectivity index (χ2n) is 5.21. The third-order valence-electron chi connectivity index (χ3n) is 3.16. The van der Waals surface area contributed by atoms with Gasteiger partial charge in [-0.2, -0.15) is 0 Å². The number of rotatable bonds is 4. The van der Waals surface area contributed by atoms with Gasteiger partial charge in [-0.3, -0.25) is 0 Å². The lowest BCUT2D eigenvalue weighted by molar-refractivity contribution is 0.245. The number of aromatic nitrogens is 4. The van der Waals surface area contributed by atoms with E-state index in [1.54, 1.807) is 27.6 Å². The number of imidazole rings is 1. The van der Waals surface area contributed by atoms with E-state index in [2.05, 4.69) is 15.1 Å². The first-order chi connectivity index (χ1) is 11.1. The molecule has 23 heavy (non-hydrogen) atoms. The van der Waals surface area contributed by atoms with E-state index in [1.165, 1.54) is 0 Å². The molecule has 0 amide bonds. The van der Waals surface area contributed by atoms with Crippen LogP contribution in [0.3, 0.4) is 0 Å². The Morgan fingerprint density at radius 1 is 1.30 bits per heavy atom. The SMILES string of the molecule is CSc1nn2cc(-c3nc4c(OC(C)C)cccc4o3)nc2s1. The average Bonchev–Trinajstić information content (AvgIpc) is 3.18. The summed E-state index contributed by atoms with van der Waals surface area (Å²) in [6.45, 7) is 3.97. The number of thioether (sulfide) groups is 1. The van der Waals surface area contributed by atoms with Gasteiger partial charge in [-0.05, 0) is 32.2 Å². The predicted molar refractivity (Wildman–Crippen MR) is 91.4 cm³/mol. The van der Waals surface area contributed by atoms with Gasteiger partial charge in [0.2, 0.25) is 10.9 Å². The summed E-state index contributed by atoms with van der Waals surface area (Å²) in [5, 5.41) is 4.43. The largest absolute Gasteiger partial charge is 0.489 e. The molecule has 0 atom stereocenters. The fourth-order valence-corrected chi connectivity index (χ4v) is 3.59. The summed E-state index contributed by atoms with van der Waals surface area (Å²) in [4.78, 5) is 9.93. The lowest BCUT2D eigenvalue weighted by atomic mass is 10.3. The number of fused-ring (bicyclic) bond motifs is 2. The summed E-state index contributed by atoms with van der Waals surface area (Å²) in [7, 11) is 0. The molecule has 0 bridgehead atoms. The summed E-state index contributed by atoms with van der Waals surface area (Å²) in [5.41, 5.74) is 2.07. The van der Waals surface area contributed by atoms with Crippen LogP contribution in [0.1, 0.15) is 13.8 Å². The first-order valence-electron chi connectivity index (χ1n) is 7.11. The Kier molecular flexibility index (Phi) is 3.50. The average molecular weight is 346 g/mol. The van der Waals surface area contributed by atoms with E-state index >= 15 is 0 Å². The monoisotopic (exact) mass is 346 g/mol. The van der Waals surface area contributed by atoms with Crippen LogP contribution >= 0.6 is 23.1 Å². The molecule has 4 rings (SSSR count). The minimum absolute atomic E-state index is 0.0767. The predicted octanol–water partition coefficient (Wildman–Crippen LogP) is 4.11. The van der Waals surface area contributed by atoms with Gasteiger partial charge in [-0.15, -0.1) is 5.10 Å². The maximum Gasteiger partial charge on any atom is 0.248 e. The van der Waals surface area contributed by atoms with Gasteiger partial charge in [0.1, 0.15) is 11.4 Å². The summed E-state index contributed by atoms with van der Waals surface area (Å²) >= 11 is 3.14. The third-order valence-corrected chi connectivity index (χ3v) is 5.06. The molecule has 6 nitrogen and oxygen atoms in total. The molecule has 0 saturated heterocycles. The third kappa shape index (κ3) is 2.57. The van der Waals surface area contributed by atoms with Gasteiger partial charge in [0.05, 0.1) is 12.3 Å². The Bertz CT molecular complexity index is 955. The maximum atomic E-state index is 5.84. The number of nitrogens with zero attached hydrogens (tertiary/aromatic N) is 4. The molecule has 0 unspecified atom stereocenters. The van der Waals surface area contributed by atoms with Crippen molar-refractivity contribution in [3.63, 3.8) is 0 Å². The molecule has 0 spiro atoms. The van der Waals surface area contributed by atoms with Crippen LogP contribution in [0.4, 0.5) is 0 Å². The van der Waals surface area contributed by atoms with Crippen LogP contribution in [0.15, 0.2) is 33.2 Å². The summed E-state index contributed by atoms with van der Waals surface area (Å²) in [5.74, 6) is 1.19. The molecule has 4 aromatic rings. The molecule has 0 fully saturated rings. The fourth-order valence-electron chi connectivity index (χ4n) is 2.25. The van der Waals surface area contributed by atoms with Crippen LogP contribution in [-0.2, 0) is 0 Å². The first-order valence-corrected chi connectivity index (χ1v) is 9.15. The topological polar surface area (TPSA) is 65.5 Å². The maximum absolute atomic E-state index is 5.84. The van der Waals surface area contributed by atoms with Gasteiger partial charge in [0, 0.05) is 0 Å². The minimum atomic E-state index is 0.0767. The number of oxazole rings is 1. The van der Waals surface area contributed by atoms with Gasteiger partial charge >= 0.3 is 0 Å². The molecule has 118 valence electrons. The molecule has 0 aliphatic carbocycles. The molecule has 0 N–H and O–H groups in total. The summed E-state index contributed by atoms with van der Waals surface area (Å²) in [6, 6.07) is 5.67. The lowest BCUT2D eigenvalue weighted by Crippen LogP contribution is -2.05. The Morgan fingerprint density at radius 2 is 2.17 bits per heavy atom. The summed E-state index contributed by atoms with van der Waals surface area (Å²) in [6.07, 6.45) is 3.91. The van der Waals surface area contributed by atoms with Crippen molar-refractivity contribution in [1.29, 1.82) is 0 Å². The van der Waals surface area contributed by atoms with Crippen molar-refractivity contribution in [3.8, 4) is 17.3 Å². The van der Waals surface area contributed by atoms with Gasteiger partial charge in [0.15, 0.2) is 15.4 Å². The highest BCUT2D eigenvalue weighted by molar-refractivity contribution is 8.00. The van der Waals surface area contributed by atoms with Crippen LogP contribution in [0.25, 0.3) is 27.6 Å². The van der Waals surface area contributed by atoms with E-state index in [1.807, 2.05) is 44.5 Å². The Balaban J connectivity index is 1.79. The number of hydrogen-bond donors (Lipinski definition) is 0. The van der Waals surface area contributed by atoms with Crippen molar-refractivity contribution < 1.29 is 9.15 Å². The molecule has 0 radical (unpaired) electrons. The smallest absolute Gasteiger partial charge is 0.248 e. The van der Waals surface area contributed by atoms with E-state index in [-0.39, 0.29) is 6.10 Å². The Morgan fingerprint density at radius 3 is 2.91 bits per heavy atom. The van der Waals surface area contributed by atoms with Crippen molar-refractivity contribution in [1.82, 2.24) is 19.6 Å². The van der Waals surface area contributed by atoms with Crippen molar-refractivity contribution in [2.75, 3.05) is 6.26 Å². The zero-order valence-electron chi connectivity index (χ0n) is 12.8. The molecule has 3 heterocycles. The van der Waals surface area contributed by atoms with Crippen LogP contribution in [0.2, 0.25) is 0 Å². The highest BCUT2D eigenvalue weighted by Crippen LogP contribution is 2.31. The second-order valence-corrected chi connectivity index (χ2v) is 7.22. The molecule has 0 saturated carbocycles. The van der Waals surface area contributed by atoms with Crippen molar-refractivity contribution in [3.05, 3.63) is 24.4 Å². The molecule has 8 heteroatoms. The first kappa shape index (κ1) is 14.5. The van der Waals surface area contributed by atoms with Crippen LogP contribution in [0, 0.1) is 0 Å². The molecule has 0 aliphatic rings. The van der Waals surface area contributed by atoms with Crippen molar-refractivity contribution in [2.45, 2.75) is 24.3 Å². The van der Waals surface area contributed by atoms with E-state index in [0.717, 1.165) is 15.1 Å². The van der Waals surface area contributed by atoms with Gasteiger partial charge in [-0.1, -0.05) is 29.2 Å². The summed E-state index contributed by atoms with van der Waals surface area (Å²) < 4.78 is 14.4. The molecule has 0 aliphatic heterocycles. The number of benzene rings is 1. The Hall–Kier alpha value is -2.06. The second kappa shape index (κ2) is 5.54. The Labute approximate surface area is 140 Å². The standard InChI is InChI=1S/C15H14N4O2S2/c1-8(2)20-10-5-4-6-11-12(10)17-13(21-11)9-7-19-14(16-9)23-15(18-19)22-3/h4-8H,1-3H3. The van der Waals surface area contributed by atoms with E-state index < -0.39 is 0 Å². The van der Waals surface area contributed by atoms with Gasteiger partial charge < -0.3 is 9.15 Å². The van der Waals surface area contributed by atoms with Crippen LogP contribution in [-0.4, -0.2) is 31.9 Å².